The van der Waals surface area contributed by atoms with Crippen LogP contribution in [0.4, 0.5) is 0 Å². The molecule has 0 bridgehead atoms. The maximum atomic E-state index is 10.9. The molecule has 0 rings (SSSR count). The summed E-state index contributed by atoms with van der Waals surface area (Å²) in [5.41, 5.74) is -0.667. The van der Waals surface area contributed by atoms with Gasteiger partial charge in [-0.25, -0.2) is 0 Å². The lowest BCUT2D eigenvalue weighted by Gasteiger charge is -2.29. The van der Waals surface area contributed by atoms with Gasteiger partial charge in [0.05, 0.1) is 5.60 Å². The monoisotopic (exact) mass is 235 g/mol. The van der Waals surface area contributed by atoms with E-state index >= 15 is 0 Å². The summed E-state index contributed by atoms with van der Waals surface area (Å²) in [6, 6.07) is 0.305. The Morgan fingerprint density at radius 2 is 1.93 bits per heavy atom. The van der Waals surface area contributed by atoms with Gasteiger partial charge in [0.2, 0.25) is 0 Å². The van der Waals surface area contributed by atoms with E-state index in [2.05, 4.69) is 12.2 Å². The van der Waals surface area contributed by atoms with Crippen LogP contribution in [-0.2, 0) is 10.8 Å². The van der Waals surface area contributed by atoms with Crippen molar-refractivity contribution in [2.75, 3.05) is 18.6 Å². The molecule has 0 aliphatic rings. The Hall–Kier alpha value is 0.0700. The molecule has 0 aromatic rings. The fourth-order valence-corrected chi connectivity index (χ4v) is 1.72. The summed E-state index contributed by atoms with van der Waals surface area (Å²) in [6.07, 6.45) is 2.61. The van der Waals surface area contributed by atoms with E-state index in [9.17, 15) is 9.32 Å². The summed E-state index contributed by atoms with van der Waals surface area (Å²) in [5.74, 6) is 0.954. The van der Waals surface area contributed by atoms with Crippen LogP contribution in [0.2, 0.25) is 0 Å². The van der Waals surface area contributed by atoms with Crippen LogP contribution in [0.5, 0.6) is 0 Å². The van der Waals surface area contributed by atoms with Crippen LogP contribution >= 0.6 is 0 Å². The normalized spacial score (nSPS) is 19.9. The Balaban J connectivity index is 3.79. The van der Waals surface area contributed by atoms with Crippen molar-refractivity contribution in [3.63, 3.8) is 0 Å². The molecule has 0 heterocycles. The molecule has 15 heavy (non-hydrogen) atoms. The first-order valence-electron chi connectivity index (χ1n) is 5.51. The van der Waals surface area contributed by atoms with Crippen molar-refractivity contribution >= 4 is 10.8 Å². The predicted molar refractivity (Wildman–Crippen MR) is 66.5 cm³/mol. The Labute approximate surface area is 96.1 Å². The molecular formula is C11H25NO2S. The summed E-state index contributed by atoms with van der Waals surface area (Å²) in [7, 11) is -0.722. The van der Waals surface area contributed by atoms with Gasteiger partial charge >= 0.3 is 0 Å². The highest BCUT2D eigenvalue weighted by Gasteiger charge is 2.24. The minimum absolute atomic E-state index is 0.234. The van der Waals surface area contributed by atoms with Crippen molar-refractivity contribution in [2.45, 2.75) is 45.8 Å². The summed E-state index contributed by atoms with van der Waals surface area (Å²) >= 11 is 0. The van der Waals surface area contributed by atoms with E-state index in [0.29, 0.717) is 12.6 Å². The minimum Gasteiger partial charge on any atom is -0.389 e. The van der Waals surface area contributed by atoms with Gasteiger partial charge in [-0.05, 0) is 26.2 Å². The van der Waals surface area contributed by atoms with E-state index in [-0.39, 0.29) is 5.92 Å². The van der Waals surface area contributed by atoms with Crippen molar-refractivity contribution < 1.29 is 9.32 Å². The molecule has 0 saturated carbocycles. The summed E-state index contributed by atoms with van der Waals surface area (Å²) in [4.78, 5) is 0. The van der Waals surface area contributed by atoms with E-state index in [1.54, 1.807) is 6.26 Å². The molecule has 3 nitrogen and oxygen atoms in total. The molecule has 3 unspecified atom stereocenters. The number of hydrogen-bond donors (Lipinski definition) is 2. The fourth-order valence-electron chi connectivity index (χ4n) is 1.03. The molecule has 0 aromatic heterocycles. The molecule has 92 valence electrons. The van der Waals surface area contributed by atoms with Crippen molar-refractivity contribution in [1.82, 2.24) is 5.32 Å². The Morgan fingerprint density at radius 3 is 2.33 bits per heavy atom. The Bertz CT molecular complexity index is 205. The highest BCUT2D eigenvalue weighted by Crippen LogP contribution is 2.14. The van der Waals surface area contributed by atoms with Crippen molar-refractivity contribution in [1.29, 1.82) is 0 Å². The SMILES string of the molecule is CC(CCS(C)=O)NCC(C)(O)C(C)C. The summed E-state index contributed by atoms with van der Waals surface area (Å²) in [6.45, 7) is 8.50. The molecule has 0 aliphatic carbocycles. The number of nitrogens with one attached hydrogen (secondary N) is 1. The van der Waals surface area contributed by atoms with Crippen molar-refractivity contribution in [3.8, 4) is 0 Å². The van der Waals surface area contributed by atoms with Gasteiger partial charge in [0, 0.05) is 35.4 Å². The van der Waals surface area contributed by atoms with Crippen LogP contribution in [0.15, 0.2) is 0 Å². The van der Waals surface area contributed by atoms with E-state index in [1.807, 2.05) is 20.8 Å². The van der Waals surface area contributed by atoms with Gasteiger partial charge in [0.25, 0.3) is 0 Å². The number of rotatable bonds is 7. The molecule has 0 radical (unpaired) electrons. The third-order valence-corrected chi connectivity index (χ3v) is 3.70. The molecule has 4 heteroatoms. The Morgan fingerprint density at radius 1 is 1.40 bits per heavy atom. The molecule has 0 aliphatic heterocycles. The molecule has 2 N–H and O–H groups in total. The second-order valence-electron chi connectivity index (χ2n) is 4.86. The third-order valence-electron chi connectivity index (χ3n) is 2.89. The van der Waals surface area contributed by atoms with Crippen LogP contribution in [-0.4, -0.2) is 39.5 Å². The quantitative estimate of drug-likeness (QED) is 0.696. The van der Waals surface area contributed by atoms with Crippen LogP contribution < -0.4 is 5.32 Å². The zero-order valence-electron chi connectivity index (χ0n) is 10.5. The molecule has 0 amide bonds. The number of aliphatic hydroxyl groups is 1. The van der Waals surface area contributed by atoms with E-state index in [1.165, 1.54) is 0 Å². The highest BCUT2D eigenvalue weighted by atomic mass is 32.2. The summed E-state index contributed by atoms with van der Waals surface area (Å²) in [5, 5.41) is 13.3. The second-order valence-corrected chi connectivity index (χ2v) is 6.41. The largest absolute Gasteiger partial charge is 0.389 e. The maximum absolute atomic E-state index is 10.9. The maximum Gasteiger partial charge on any atom is 0.0766 e. The molecular weight excluding hydrogens is 210 g/mol. The molecule has 0 fully saturated rings. The molecule has 3 atom stereocenters. The van der Waals surface area contributed by atoms with Crippen molar-refractivity contribution in [2.24, 2.45) is 5.92 Å². The van der Waals surface area contributed by atoms with E-state index in [0.717, 1.165) is 12.2 Å². The van der Waals surface area contributed by atoms with E-state index in [4.69, 9.17) is 0 Å². The zero-order chi connectivity index (χ0) is 12.1. The number of hydrogen-bond acceptors (Lipinski definition) is 3. The zero-order valence-corrected chi connectivity index (χ0v) is 11.4. The van der Waals surface area contributed by atoms with Crippen LogP contribution in [0.25, 0.3) is 0 Å². The van der Waals surface area contributed by atoms with Gasteiger partial charge in [0.15, 0.2) is 0 Å². The third kappa shape index (κ3) is 7.03. The van der Waals surface area contributed by atoms with Gasteiger partial charge in [-0.15, -0.1) is 0 Å². The molecule has 0 saturated heterocycles. The highest BCUT2D eigenvalue weighted by molar-refractivity contribution is 7.84. The van der Waals surface area contributed by atoms with Crippen molar-refractivity contribution in [3.05, 3.63) is 0 Å². The minimum atomic E-state index is -0.722. The first-order valence-corrected chi connectivity index (χ1v) is 7.24. The van der Waals surface area contributed by atoms with Gasteiger partial charge in [-0.3, -0.25) is 4.21 Å². The standard InChI is InChI=1S/C11H25NO2S/c1-9(2)11(4,13)8-12-10(3)6-7-15(5)14/h9-10,12-13H,6-8H2,1-5H3. The van der Waals surface area contributed by atoms with Gasteiger partial charge in [-0.1, -0.05) is 13.8 Å². The summed E-state index contributed by atoms with van der Waals surface area (Å²) < 4.78 is 10.9. The molecule has 0 aromatic carbocycles. The van der Waals surface area contributed by atoms with Gasteiger partial charge in [0.1, 0.15) is 0 Å². The van der Waals surface area contributed by atoms with Crippen LogP contribution in [0.1, 0.15) is 34.1 Å². The van der Waals surface area contributed by atoms with Crippen LogP contribution in [0, 0.1) is 5.92 Å². The lowest BCUT2D eigenvalue weighted by molar-refractivity contribution is 0.0122. The first kappa shape index (κ1) is 15.1. The topological polar surface area (TPSA) is 49.3 Å². The van der Waals surface area contributed by atoms with Gasteiger partial charge in [-0.2, -0.15) is 0 Å². The Kier molecular flexibility index (Phi) is 6.64. The fraction of sp³-hybridized carbons (Fsp3) is 1.00. The smallest absolute Gasteiger partial charge is 0.0766 e. The second kappa shape index (κ2) is 6.61. The lowest BCUT2D eigenvalue weighted by atomic mass is 9.92. The van der Waals surface area contributed by atoms with Crippen LogP contribution in [0.3, 0.4) is 0 Å². The average Bonchev–Trinajstić information content (AvgIpc) is 2.11. The molecule has 0 spiro atoms. The lowest BCUT2D eigenvalue weighted by Crippen LogP contribution is -2.45. The van der Waals surface area contributed by atoms with E-state index < -0.39 is 16.4 Å². The predicted octanol–water partition coefficient (Wildman–Crippen LogP) is 1.14. The van der Waals surface area contributed by atoms with Gasteiger partial charge < -0.3 is 10.4 Å². The first-order chi connectivity index (χ1) is 6.75. The average molecular weight is 235 g/mol.